The molecule has 100 valence electrons. The number of rotatable bonds is 5. The molecular formula is C11H10Cl2F3NO. The molecule has 0 unspecified atom stereocenters. The van der Waals surface area contributed by atoms with Gasteiger partial charge in [-0.3, -0.25) is 4.79 Å². The Morgan fingerprint density at radius 3 is 2.56 bits per heavy atom. The molecule has 1 aromatic rings. The molecule has 1 N–H and O–H groups in total. The van der Waals surface area contributed by atoms with Gasteiger partial charge in [0.15, 0.2) is 5.78 Å². The van der Waals surface area contributed by atoms with Gasteiger partial charge in [0.25, 0.3) is 0 Å². The first-order chi connectivity index (χ1) is 8.28. The molecule has 0 amide bonds. The zero-order chi connectivity index (χ0) is 13.8. The third-order valence-electron chi connectivity index (χ3n) is 2.04. The fourth-order valence-electron chi connectivity index (χ4n) is 1.30. The molecule has 0 radical (unpaired) electrons. The van der Waals surface area contributed by atoms with Crippen molar-refractivity contribution in [1.29, 1.82) is 0 Å². The van der Waals surface area contributed by atoms with E-state index in [2.05, 4.69) is 0 Å². The zero-order valence-electron chi connectivity index (χ0n) is 9.15. The molecule has 1 aromatic carbocycles. The highest BCUT2D eigenvalue weighted by Crippen LogP contribution is 2.21. The largest absolute Gasteiger partial charge is 0.401 e. The van der Waals surface area contributed by atoms with E-state index in [1.165, 1.54) is 12.1 Å². The third kappa shape index (κ3) is 5.71. The van der Waals surface area contributed by atoms with E-state index in [1.807, 2.05) is 5.32 Å². The molecular weight excluding hydrogens is 290 g/mol. The van der Waals surface area contributed by atoms with Gasteiger partial charge in [0.2, 0.25) is 0 Å². The standard InChI is InChI=1S/C11H10Cl2F3NO/c12-8-1-2-10(13)7(3-8)4-9(18)5-17-6-11(14,15)16/h1-3,17H,4-6H2. The second kappa shape index (κ2) is 6.41. The highest BCUT2D eigenvalue weighted by atomic mass is 35.5. The minimum absolute atomic E-state index is 0.0513. The summed E-state index contributed by atoms with van der Waals surface area (Å²) in [6.07, 6.45) is -4.38. The summed E-state index contributed by atoms with van der Waals surface area (Å²) in [6, 6.07) is 4.63. The highest BCUT2D eigenvalue weighted by Gasteiger charge is 2.26. The molecule has 7 heteroatoms. The van der Waals surface area contributed by atoms with E-state index < -0.39 is 12.7 Å². The van der Waals surface area contributed by atoms with Gasteiger partial charge in [0.1, 0.15) is 0 Å². The first-order valence-corrected chi connectivity index (χ1v) is 5.76. The van der Waals surface area contributed by atoms with Crippen LogP contribution in [-0.2, 0) is 11.2 Å². The summed E-state index contributed by atoms with van der Waals surface area (Å²) >= 11 is 11.6. The van der Waals surface area contributed by atoms with Gasteiger partial charge in [-0.05, 0) is 23.8 Å². The fourth-order valence-corrected chi connectivity index (χ4v) is 1.68. The molecule has 0 atom stereocenters. The topological polar surface area (TPSA) is 29.1 Å². The number of alkyl halides is 3. The third-order valence-corrected chi connectivity index (χ3v) is 2.65. The van der Waals surface area contributed by atoms with Crippen molar-refractivity contribution < 1.29 is 18.0 Å². The quantitative estimate of drug-likeness (QED) is 0.904. The van der Waals surface area contributed by atoms with Gasteiger partial charge in [-0.2, -0.15) is 13.2 Å². The van der Waals surface area contributed by atoms with Crippen LogP contribution in [0, 0.1) is 0 Å². The van der Waals surface area contributed by atoms with E-state index in [4.69, 9.17) is 23.2 Å². The lowest BCUT2D eigenvalue weighted by Gasteiger charge is -2.08. The van der Waals surface area contributed by atoms with Crippen LogP contribution >= 0.6 is 23.2 Å². The highest BCUT2D eigenvalue weighted by molar-refractivity contribution is 6.33. The second-order valence-electron chi connectivity index (χ2n) is 3.67. The number of carbonyl (C=O) groups excluding carboxylic acids is 1. The van der Waals surface area contributed by atoms with Crippen LogP contribution in [0.25, 0.3) is 0 Å². The number of hydrogen-bond donors (Lipinski definition) is 1. The minimum Gasteiger partial charge on any atom is -0.302 e. The maximum Gasteiger partial charge on any atom is 0.401 e. The van der Waals surface area contributed by atoms with E-state index in [1.54, 1.807) is 6.07 Å². The average molecular weight is 300 g/mol. The number of Topliss-reactive ketones (excluding diaryl/α,β-unsaturated/α-hetero) is 1. The zero-order valence-corrected chi connectivity index (χ0v) is 10.7. The Balaban J connectivity index is 2.47. The predicted octanol–water partition coefficient (Wildman–Crippen LogP) is 3.26. The van der Waals surface area contributed by atoms with Gasteiger partial charge in [0, 0.05) is 16.5 Å². The monoisotopic (exact) mass is 299 g/mol. The van der Waals surface area contributed by atoms with Gasteiger partial charge in [-0.25, -0.2) is 0 Å². The Hall–Kier alpha value is -0.780. The van der Waals surface area contributed by atoms with Crippen LogP contribution < -0.4 is 5.32 Å². The summed E-state index contributed by atoms with van der Waals surface area (Å²) in [5.41, 5.74) is 0.503. The van der Waals surface area contributed by atoms with Crippen molar-refractivity contribution in [2.75, 3.05) is 13.1 Å². The molecule has 0 aliphatic rings. The average Bonchev–Trinajstić information content (AvgIpc) is 2.21. The van der Waals surface area contributed by atoms with Gasteiger partial charge in [0.05, 0.1) is 13.1 Å². The lowest BCUT2D eigenvalue weighted by molar-refractivity contribution is -0.127. The van der Waals surface area contributed by atoms with Gasteiger partial charge < -0.3 is 5.32 Å². The van der Waals surface area contributed by atoms with Crippen molar-refractivity contribution in [1.82, 2.24) is 5.32 Å². The molecule has 2 nitrogen and oxygen atoms in total. The van der Waals surface area contributed by atoms with Gasteiger partial charge in [-0.1, -0.05) is 23.2 Å². The number of ketones is 1. The lowest BCUT2D eigenvalue weighted by atomic mass is 10.1. The van der Waals surface area contributed by atoms with E-state index in [9.17, 15) is 18.0 Å². The Morgan fingerprint density at radius 2 is 1.94 bits per heavy atom. The Morgan fingerprint density at radius 1 is 1.28 bits per heavy atom. The molecule has 0 fully saturated rings. The van der Waals surface area contributed by atoms with E-state index in [0.717, 1.165) is 0 Å². The van der Waals surface area contributed by atoms with Crippen LogP contribution in [0.3, 0.4) is 0 Å². The summed E-state index contributed by atoms with van der Waals surface area (Å²) in [4.78, 5) is 11.4. The van der Waals surface area contributed by atoms with Crippen molar-refractivity contribution >= 4 is 29.0 Å². The second-order valence-corrected chi connectivity index (χ2v) is 4.51. The molecule has 1 rings (SSSR count). The van der Waals surface area contributed by atoms with E-state index in [0.29, 0.717) is 15.6 Å². The molecule has 0 aliphatic carbocycles. The van der Waals surface area contributed by atoms with E-state index in [-0.39, 0.29) is 18.7 Å². The van der Waals surface area contributed by atoms with Gasteiger partial charge >= 0.3 is 6.18 Å². The number of benzene rings is 1. The summed E-state index contributed by atoms with van der Waals surface area (Å²) in [7, 11) is 0. The molecule has 0 bridgehead atoms. The van der Waals surface area contributed by atoms with E-state index >= 15 is 0 Å². The van der Waals surface area contributed by atoms with Crippen molar-refractivity contribution in [3.05, 3.63) is 33.8 Å². The molecule has 0 aliphatic heterocycles. The number of halogens is 5. The van der Waals surface area contributed by atoms with Crippen LogP contribution in [-0.4, -0.2) is 25.0 Å². The van der Waals surface area contributed by atoms with Crippen LogP contribution in [0.1, 0.15) is 5.56 Å². The molecule has 0 heterocycles. The maximum atomic E-state index is 11.8. The molecule has 0 saturated carbocycles. The lowest BCUT2D eigenvalue weighted by Crippen LogP contribution is -2.33. The van der Waals surface area contributed by atoms with Crippen molar-refractivity contribution in [2.45, 2.75) is 12.6 Å². The first-order valence-electron chi connectivity index (χ1n) is 5.01. The smallest absolute Gasteiger partial charge is 0.302 e. The van der Waals surface area contributed by atoms with Crippen LogP contribution in [0.15, 0.2) is 18.2 Å². The summed E-state index contributed by atoms with van der Waals surface area (Å²) in [5.74, 6) is -0.386. The van der Waals surface area contributed by atoms with Crippen LogP contribution in [0.5, 0.6) is 0 Å². The SMILES string of the molecule is O=C(CNCC(F)(F)F)Cc1cc(Cl)ccc1Cl. The van der Waals surface area contributed by atoms with Crippen molar-refractivity contribution in [2.24, 2.45) is 0 Å². The fraction of sp³-hybridized carbons (Fsp3) is 0.364. The van der Waals surface area contributed by atoms with Gasteiger partial charge in [-0.15, -0.1) is 0 Å². The van der Waals surface area contributed by atoms with Crippen molar-refractivity contribution in [3.8, 4) is 0 Å². The molecule has 0 spiro atoms. The maximum absolute atomic E-state index is 11.8. The summed E-state index contributed by atoms with van der Waals surface area (Å²) < 4.78 is 35.5. The Bertz CT molecular complexity index is 435. The molecule has 0 aromatic heterocycles. The predicted molar refractivity (Wildman–Crippen MR) is 64.1 cm³/mol. The summed E-state index contributed by atoms with van der Waals surface area (Å²) in [5, 5.41) is 2.81. The Labute approximate surface area is 112 Å². The number of nitrogens with one attached hydrogen (secondary N) is 1. The number of hydrogen-bond acceptors (Lipinski definition) is 2. The molecule has 18 heavy (non-hydrogen) atoms. The number of carbonyl (C=O) groups is 1. The van der Waals surface area contributed by atoms with Crippen LogP contribution in [0.2, 0.25) is 10.0 Å². The summed E-state index contributed by atoms with van der Waals surface area (Å²) in [6.45, 7) is -1.55. The minimum atomic E-state index is -4.33. The first kappa shape index (κ1) is 15.3. The Kier molecular flexibility index (Phi) is 5.44. The molecule has 0 saturated heterocycles. The van der Waals surface area contributed by atoms with Crippen molar-refractivity contribution in [3.63, 3.8) is 0 Å². The van der Waals surface area contributed by atoms with Crippen LogP contribution in [0.4, 0.5) is 13.2 Å². The normalized spacial score (nSPS) is 11.6.